The summed E-state index contributed by atoms with van der Waals surface area (Å²) >= 11 is 0. The van der Waals surface area contributed by atoms with Gasteiger partial charge in [-0.15, -0.1) is 0 Å². The molecule has 30 heavy (non-hydrogen) atoms. The number of carboxylic acid groups (broad SMARTS) is 1. The first kappa shape index (κ1) is 19.4. The lowest BCUT2D eigenvalue weighted by Crippen LogP contribution is -2.21. The molecule has 2 N–H and O–H groups in total. The van der Waals surface area contributed by atoms with Gasteiger partial charge in [0.1, 0.15) is 11.5 Å². The predicted octanol–water partition coefficient (Wildman–Crippen LogP) is 3.43. The summed E-state index contributed by atoms with van der Waals surface area (Å²) in [6, 6.07) is 8.78. The minimum Gasteiger partial charge on any atom is -0.465 e. The number of alkyl halides is 2. The lowest BCUT2D eigenvalue weighted by atomic mass is 10.1. The van der Waals surface area contributed by atoms with E-state index in [1.807, 2.05) is 0 Å². The third kappa shape index (κ3) is 3.81. The molecule has 8 nitrogen and oxygen atoms in total. The van der Waals surface area contributed by atoms with Crippen LogP contribution in [0.25, 0.3) is 28.3 Å². The molecule has 11 heteroatoms. The Labute approximate surface area is 167 Å². The van der Waals surface area contributed by atoms with Crippen molar-refractivity contribution in [2.24, 2.45) is 0 Å². The second-order valence-electron chi connectivity index (χ2n) is 6.39. The number of hydrogen-bond donors (Lipinski definition) is 2. The molecule has 4 aromatic rings. The van der Waals surface area contributed by atoms with Crippen LogP contribution in [0.4, 0.5) is 18.0 Å². The molecular weight excluding hydrogens is 401 g/mol. The topological polar surface area (TPSA) is 97.3 Å². The van der Waals surface area contributed by atoms with E-state index >= 15 is 0 Å². The highest BCUT2D eigenvalue weighted by Crippen LogP contribution is 2.31. The molecule has 1 aromatic carbocycles. The molecule has 0 radical (unpaired) electrons. The number of amides is 1. The molecule has 0 saturated carbocycles. The highest BCUT2D eigenvalue weighted by Gasteiger charge is 2.20. The molecule has 154 valence electrons. The average Bonchev–Trinajstić information content (AvgIpc) is 3.30. The number of aromatic nitrogens is 5. The Morgan fingerprint density at radius 3 is 2.60 bits per heavy atom. The molecule has 0 aliphatic heterocycles. The smallest absolute Gasteiger partial charge is 0.404 e. The average molecular weight is 416 g/mol. The highest BCUT2D eigenvalue weighted by molar-refractivity contribution is 5.77. The Kier molecular flexibility index (Phi) is 5.09. The predicted molar refractivity (Wildman–Crippen MR) is 100 cm³/mol. The molecule has 0 saturated heterocycles. The van der Waals surface area contributed by atoms with E-state index in [0.29, 0.717) is 34.0 Å². The van der Waals surface area contributed by atoms with E-state index in [1.165, 1.54) is 45.9 Å². The maximum Gasteiger partial charge on any atom is 0.404 e. The van der Waals surface area contributed by atoms with Crippen molar-refractivity contribution in [1.29, 1.82) is 0 Å². The number of nitrogens with one attached hydrogen (secondary N) is 1. The van der Waals surface area contributed by atoms with E-state index in [4.69, 9.17) is 5.11 Å². The van der Waals surface area contributed by atoms with Crippen LogP contribution in [0.3, 0.4) is 0 Å². The van der Waals surface area contributed by atoms with Gasteiger partial charge < -0.3 is 15.0 Å². The van der Waals surface area contributed by atoms with Gasteiger partial charge in [0.15, 0.2) is 5.65 Å². The first-order chi connectivity index (χ1) is 14.4. The molecule has 0 aliphatic rings. The maximum atomic E-state index is 13.3. The van der Waals surface area contributed by atoms with Gasteiger partial charge >= 0.3 is 6.09 Å². The Hall–Kier alpha value is -3.89. The minimum absolute atomic E-state index is 0.0337. The van der Waals surface area contributed by atoms with Gasteiger partial charge in [0.2, 0.25) is 0 Å². The number of hydrogen-bond acceptors (Lipinski definition) is 4. The number of halogens is 3. The second-order valence-corrected chi connectivity index (χ2v) is 6.39. The zero-order valence-electron chi connectivity index (χ0n) is 15.3. The van der Waals surface area contributed by atoms with Crippen molar-refractivity contribution in [3.8, 4) is 22.6 Å². The first-order valence-electron chi connectivity index (χ1n) is 8.82. The number of imidazole rings is 2. The van der Waals surface area contributed by atoms with Crippen molar-refractivity contribution < 1.29 is 23.1 Å². The fraction of sp³-hybridized carbons (Fsp3) is 0.158. The van der Waals surface area contributed by atoms with Crippen LogP contribution in [0.2, 0.25) is 0 Å². The van der Waals surface area contributed by atoms with Crippen molar-refractivity contribution in [3.63, 3.8) is 0 Å². The fourth-order valence-electron chi connectivity index (χ4n) is 3.09. The van der Waals surface area contributed by atoms with Crippen molar-refractivity contribution >= 4 is 11.7 Å². The van der Waals surface area contributed by atoms with Gasteiger partial charge in [0.05, 0.1) is 42.7 Å². The lowest BCUT2D eigenvalue weighted by molar-refractivity contribution is 0.127. The SMILES string of the molecule is O=C(O)NCc1cnc2ccc(-c3c(-c4ccc(F)cc4)ncn3CC(F)F)nn12. The summed E-state index contributed by atoms with van der Waals surface area (Å²) in [5.41, 5.74) is 2.50. The number of carbonyl (C=O) groups is 1. The third-order valence-corrected chi connectivity index (χ3v) is 4.39. The van der Waals surface area contributed by atoms with Crippen LogP contribution in [-0.4, -0.2) is 41.8 Å². The van der Waals surface area contributed by atoms with Crippen molar-refractivity contribution in [2.75, 3.05) is 0 Å². The lowest BCUT2D eigenvalue weighted by Gasteiger charge is -2.10. The summed E-state index contributed by atoms with van der Waals surface area (Å²) in [7, 11) is 0. The summed E-state index contributed by atoms with van der Waals surface area (Å²) in [5, 5.41) is 15.5. The van der Waals surface area contributed by atoms with Gasteiger partial charge in [0, 0.05) is 5.56 Å². The van der Waals surface area contributed by atoms with Crippen LogP contribution in [0.5, 0.6) is 0 Å². The van der Waals surface area contributed by atoms with Crippen molar-refractivity contribution in [1.82, 2.24) is 29.5 Å². The molecule has 0 fully saturated rings. The minimum atomic E-state index is -2.62. The van der Waals surface area contributed by atoms with E-state index in [0.717, 1.165) is 0 Å². The Balaban J connectivity index is 1.84. The molecule has 0 bridgehead atoms. The monoisotopic (exact) mass is 416 g/mol. The fourth-order valence-corrected chi connectivity index (χ4v) is 3.09. The van der Waals surface area contributed by atoms with E-state index in [9.17, 15) is 18.0 Å². The van der Waals surface area contributed by atoms with Crippen LogP contribution < -0.4 is 5.32 Å². The third-order valence-electron chi connectivity index (χ3n) is 4.39. The van der Waals surface area contributed by atoms with Crippen LogP contribution >= 0.6 is 0 Å². The Bertz CT molecular complexity index is 1200. The number of rotatable bonds is 6. The standard InChI is InChI=1S/C19H15F3N6O2/c20-12-3-1-11(2-4-12)17-18(27(10-25-17)9-15(21)22)14-5-6-16-23-7-13(28(16)26-14)8-24-19(29)30/h1-7,10,15,24H,8-9H2,(H,29,30). The molecular formula is C19H15F3N6O2. The number of nitrogens with zero attached hydrogens (tertiary/aromatic N) is 5. The normalized spacial score (nSPS) is 11.3. The van der Waals surface area contributed by atoms with Crippen LogP contribution in [0, 0.1) is 5.82 Å². The summed E-state index contributed by atoms with van der Waals surface area (Å²) in [6.45, 7) is -0.630. The first-order valence-corrected chi connectivity index (χ1v) is 8.82. The molecule has 3 aromatic heterocycles. The number of benzene rings is 1. The van der Waals surface area contributed by atoms with Crippen LogP contribution in [0.1, 0.15) is 5.69 Å². The van der Waals surface area contributed by atoms with Crippen molar-refractivity contribution in [2.45, 2.75) is 19.5 Å². The molecule has 3 heterocycles. The molecule has 0 atom stereocenters. The van der Waals surface area contributed by atoms with Gasteiger partial charge in [-0.25, -0.2) is 32.4 Å². The molecule has 0 unspecified atom stereocenters. The second kappa shape index (κ2) is 7.85. The van der Waals surface area contributed by atoms with E-state index in [-0.39, 0.29) is 6.54 Å². The summed E-state index contributed by atoms with van der Waals surface area (Å²) in [4.78, 5) is 19.2. The summed E-state index contributed by atoms with van der Waals surface area (Å²) in [5.74, 6) is -0.430. The molecule has 0 aliphatic carbocycles. The Morgan fingerprint density at radius 2 is 1.90 bits per heavy atom. The van der Waals surface area contributed by atoms with Gasteiger partial charge in [-0.2, -0.15) is 5.10 Å². The van der Waals surface area contributed by atoms with Gasteiger partial charge in [0.25, 0.3) is 6.43 Å². The van der Waals surface area contributed by atoms with E-state index in [2.05, 4.69) is 20.4 Å². The quantitative estimate of drug-likeness (QED) is 0.502. The molecule has 1 amide bonds. The van der Waals surface area contributed by atoms with Gasteiger partial charge in [-0.1, -0.05) is 0 Å². The van der Waals surface area contributed by atoms with Crippen LogP contribution in [0.15, 0.2) is 48.9 Å². The van der Waals surface area contributed by atoms with Gasteiger partial charge in [-0.3, -0.25) is 0 Å². The molecule has 0 spiro atoms. The zero-order chi connectivity index (χ0) is 21.3. The summed E-state index contributed by atoms with van der Waals surface area (Å²) in [6.07, 6.45) is -1.06. The summed E-state index contributed by atoms with van der Waals surface area (Å²) < 4.78 is 42.3. The molecule has 4 rings (SSSR count). The van der Waals surface area contributed by atoms with Gasteiger partial charge in [-0.05, 0) is 36.4 Å². The maximum absolute atomic E-state index is 13.3. The van der Waals surface area contributed by atoms with Crippen LogP contribution in [-0.2, 0) is 13.1 Å². The zero-order valence-corrected chi connectivity index (χ0v) is 15.3. The number of fused-ring (bicyclic) bond motifs is 1. The van der Waals surface area contributed by atoms with E-state index < -0.39 is 24.9 Å². The largest absolute Gasteiger partial charge is 0.465 e. The van der Waals surface area contributed by atoms with E-state index in [1.54, 1.807) is 12.1 Å². The Morgan fingerprint density at radius 1 is 1.13 bits per heavy atom. The van der Waals surface area contributed by atoms with Crippen molar-refractivity contribution in [3.05, 3.63) is 60.4 Å². The highest BCUT2D eigenvalue weighted by atomic mass is 19.3.